The van der Waals surface area contributed by atoms with Crippen molar-refractivity contribution >= 4 is 0 Å². The SMILES string of the molecule is CCN[C@H]1CCN(C)C[C@]1(C)F.[HH]. The molecule has 1 aliphatic rings. The quantitative estimate of drug-likeness (QED) is 0.681. The maximum absolute atomic E-state index is 13.9. The normalized spacial score (nSPS) is 38.5. The van der Waals surface area contributed by atoms with Crippen molar-refractivity contribution in [2.75, 3.05) is 26.7 Å². The van der Waals surface area contributed by atoms with Crippen LogP contribution in [0.3, 0.4) is 0 Å². The first-order chi connectivity index (χ1) is 5.56. The van der Waals surface area contributed by atoms with Crippen molar-refractivity contribution < 1.29 is 5.82 Å². The Morgan fingerprint density at radius 2 is 2.42 bits per heavy atom. The van der Waals surface area contributed by atoms with Gasteiger partial charge in [0.15, 0.2) is 0 Å². The third-order valence-electron chi connectivity index (χ3n) is 2.56. The molecule has 0 aromatic rings. The molecule has 0 aromatic heterocycles. The van der Waals surface area contributed by atoms with Crippen LogP contribution in [-0.4, -0.2) is 43.3 Å². The fraction of sp³-hybridized carbons (Fsp3) is 1.00. The van der Waals surface area contributed by atoms with Crippen molar-refractivity contribution in [2.24, 2.45) is 0 Å². The Bertz CT molecular complexity index is 153. The topological polar surface area (TPSA) is 15.3 Å². The lowest BCUT2D eigenvalue weighted by Gasteiger charge is -2.39. The summed E-state index contributed by atoms with van der Waals surface area (Å²) in [7, 11) is 1.97. The summed E-state index contributed by atoms with van der Waals surface area (Å²) in [6.07, 6.45) is 0.914. The number of alkyl halides is 1. The van der Waals surface area contributed by atoms with Crippen molar-refractivity contribution in [3.8, 4) is 0 Å². The van der Waals surface area contributed by atoms with Gasteiger partial charge in [0.25, 0.3) is 0 Å². The predicted octanol–water partition coefficient (Wildman–Crippen LogP) is 1.27. The molecule has 0 bridgehead atoms. The minimum Gasteiger partial charge on any atom is -0.311 e. The van der Waals surface area contributed by atoms with Gasteiger partial charge in [-0.05, 0) is 33.5 Å². The second-order valence-electron chi connectivity index (χ2n) is 3.91. The highest BCUT2D eigenvalue weighted by molar-refractivity contribution is 4.94. The van der Waals surface area contributed by atoms with E-state index in [0.717, 1.165) is 19.5 Å². The molecule has 1 rings (SSSR count). The van der Waals surface area contributed by atoms with E-state index >= 15 is 0 Å². The summed E-state index contributed by atoms with van der Waals surface area (Å²) < 4.78 is 13.9. The maximum atomic E-state index is 13.9. The van der Waals surface area contributed by atoms with E-state index in [0.29, 0.717) is 6.54 Å². The molecule has 1 heterocycles. The summed E-state index contributed by atoms with van der Waals surface area (Å²) in [5.74, 6) is 0. The number of rotatable bonds is 2. The van der Waals surface area contributed by atoms with Crippen LogP contribution in [0.4, 0.5) is 4.39 Å². The fourth-order valence-electron chi connectivity index (χ4n) is 1.93. The van der Waals surface area contributed by atoms with Crippen molar-refractivity contribution in [1.29, 1.82) is 0 Å². The predicted molar refractivity (Wildman–Crippen MR) is 51.2 cm³/mol. The number of nitrogens with one attached hydrogen (secondary N) is 1. The molecule has 1 saturated heterocycles. The van der Waals surface area contributed by atoms with Crippen LogP contribution in [0.1, 0.15) is 21.7 Å². The molecule has 1 N–H and O–H groups in total. The standard InChI is InChI=1S/C9H19FN2.H2/c1-4-11-8-5-6-12(3)7-9(8,2)10;/h8,11H,4-7H2,1-3H3;1H/t8-,9-;/m0./s1. The van der Waals surface area contributed by atoms with E-state index in [4.69, 9.17) is 0 Å². The van der Waals surface area contributed by atoms with Gasteiger partial charge in [0, 0.05) is 14.0 Å². The van der Waals surface area contributed by atoms with Crippen molar-refractivity contribution in [3.63, 3.8) is 0 Å². The molecule has 0 spiro atoms. The van der Waals surface area contributed by atoms with E-state index in [1.807, 2.05) is 18.9 Å². The van der Waals surface area contributed by atoms with Gasteiger partial charge >= 0.3 is 0 Å². The van der Waals surface area contributed by atoms with E-state index in [1.165, 1.54) is 0 Å². The van der Waals surface area contributed by atoms with Gasteiger partial charge < -0.3 is 10.2 Å². The fourth-order valence-corrected chi connectivity index (χ4v) is 1.93. The summed E-state index contributed by atoms with van der Waals surface area (Å²) in [6, 6.07) is 0.0405. The molecule has 12 heavy (non-hydrogen) atoms. The molecule has 74 valence electrons. The summed E-state index contributed by atoms with van der Waals surface area (Å²) in [5.41, 5.74) is -1.07. The Hall–Kier alpha value is -0.150. The summed E-state index contributed by atoms with van der Waals surface area (Å²) in [4.78, 5) is 2.05. The zero-order valence-electron chi connectivity index (χ0n) is 8.23. The zero-order valence-corrected chi connectivity index (χ0v) is 8.23. The van der Waals surface area contributed by atoms with Gasteiger partial charge in [0.05, 0.1) is 0 Å². The molecule has 0 aliphatic carbocycles. The highest BCUT2D eigenvalue weighted by Crippen LogP contribution is 2.24. The largest absolute Gasteiger partial charge is 0.311 e. The lowest BCUT2D eigenvalue weighted by molar-refractivity contribution is 0.0394. The van der Waals surface area contributed by atoms with E-state index < -0.39 is 5.67 Å². The van der Waals surface area contributed by atoms with Crippen LogP contribution < -0.4 is 5.32 Å². The van der Waals surface area contributed by atoms with E-state index in [9.17, 15) is 4.39 Å². The summed E-state index contributed by atoms with van der Waals surface area (Å²) in [5, 5.41) is 3.19. The lowest BCUT2D eigenvalue weighted by Crippen LogP contribution is -2.56. The molecule has 0 saturated carbocycles. The van der Waals surface area contributed by atoms with Crippen LogP contribution in [0.5, 0.6) is 0 Å². The summed E-state index contributed by atoms with van der Waals surface area (Å²) in [6.45, 7) is 6.11. The van der Waals surface area contributed by atoms with Crippen LogP contribution in [0, 0.1) is 0 Å². The number of likely N-dealkylation sites (tertiary alicyclic amines) is 1. The monoisotopic (exact) mass is 176 g/mol. The maximum Gasteiger partial charge on any atom is 0.136 e. The molecular weight excluding hydrogens is 155 g/mol. The van der Waals surface area contributed by atoms with Gasteiger partial charge in [0.2, 0.25) is 0 Å². The van der Waals surface area contributed by atoms with Gasteiger partial charge in [-0.3, -0.25) is 0 Å². The van der Waals surface area contributed by atoms with Crippen molar-refractivity contribution in [1.82, 2.24) is 10.2 Å². The third-order valence-corrected chi connectivity index (χ3v) is 2.56. The van der Waals surface area contributed by atoms with E-state index in [-0.39, 0.29) is 7.47 Å². The molecule has 2 atom stereocenters. The van der Waals surface area contributed by atoms with E-state index in [2.05, 4.69) is 5.32 Å². The second-order valence-corrected chi connectivity index (χ2v) is 3.91. The summed E-state index contributed by atoms with van der Waals surface area (Å²) >= 11 is 0. The Labute approximate surface area is 75.6 Å². The minimum atomic E-state index is -1.07. The number of piperidine rings is 1. The van der Waals surface area contributed by atoms with Gasteiger partial charge in [-0.15, -0.1) is 0 Å². The molecule has 1 fully saturated rings. The number of hydrogen-bond acceptors (Lipinski definition) is 2. The van der Waals surface area contributed by atoms with Gasteiger partial charge in [0.1, 0.15) is 5.67 Å². The lowest BCUT2D eigenvalue weighted by atomic mass is 9.91. The Kier molecular flexibility index (Phi) is 3.07. The van der Waals surface area contributed by atoms with Gasteiger partial charge in [-0.25, -0.2) is 4.39 Å². The zero-order chi connectivity index (χ0) is 9.19. The second kappa shape index (κ2) is 3.71. The smallest absolute Gasteiger partial charge is 0.136 e. The molecule has 1 aliphatic heterocycles. The minimum absolute atomic E-state index is 0. The molecule has 2 nitrogen and oxygen atoms in total. The Balaban J connectivity index is 0.00000144. The van der Waals surface area contributed by atoms with Crippen LogP contribution in [-0.2, 0) is 0 Å². The van der Waals surface area contributed by atoms with Gasteiger partial charge in [-0.2, -0.15) is 0 Å². The van der Waals surface area contributed by atoms with Crippen molar-refractivity contribution in [2.45, 2.75) is 32.0 Å². The van der Waals surface area contributed by atoms with Crippen LogP contribution in [0.2, 0.25) is 0 Å². The van der Waals surface area contributed by atoms with Crippen LogP contribution in [0.15, 0.2) is 0 Å². The molecular formula is C9H21FN2. The average molecular weight is 176 g/mol. The number of nitrogens with zero attached hydrogens (tertiary/aromatic N) is 1. The first-order valence-corrected chi connectivity index (χ1v) is 4.67. The highest BCUT2D eigenvalue weighted by Gasteiger charge is 2.38. The molecule has 0 aromatic carbocycles. The third kappa shape index (κ3) is 2.17. The molecule has 0 unspecified atom stereocenters. The first-order valence-electron chi connectivity index (χ1n) is 4.67. The first kappa shape index (κ1) is 9.93. The molecule has 3 heteroatoms. The van der Waals surface area contributed by atoms with E-state index in [1.54, 1.807) is 6.92 Å². The molecule has 0 radical (unpaired) electrons. The van der Waals surface area contributed by atoms with Crippen LogP contribution >= 0.6 is 0 Å². The number of hydrogen-bond donors (Lipinski definition) is 1. The average Bonchev–Trinajstić information content (AvgIpc) is 1.94. The van der Waals surface area contributed by atoms with Crippen molar-refractivity contribution in [3.05, 3.63) is 0 Å². The number of halogens is 1. The highest BCUT2D eigenvalue weighted by atomic mass is 19.1. The Morgan fingerprint density at radius 3 is 2.92 bits per heavy atom. The van der Waals surface area contributed by atoms with Crippen LogP contribution in [0.25, 0.3) is 0 Å². The Morgan fingerprint density at radius 1 is 1.75 bits per heavy atom. The molecule has 0 amide bonds. The van der Waals surface area contributed by atoms with Gasteiger partial charge in [-0.1, -0.05) is 6.92 Å².